The lowest BCUT2D eigenvalue weighted by Crippen LogP contribution is -2.15. The Kier molecular flexibility index (Phi) is 3.89. The molecular weight excluding hydrogens is 200 g/mol. The van der Waals surface area contributed by atoms with Crippen LogP contribution in [0.2, 0.25) is 0 Å². The molecular formula is C13H16N2O. The van der Waals surface area contributed by atoms with E-state index < -0.39 is 0 Å². The van der Waals surface area contributed by atoms with Crippen LogP contribution in [0.25, 0.3) is 0 Å². The van der Waals surface area contributed by atoms with Crippen molar-refractivity contribution in [2.75, 3.05) is 14.1 Å². The fraction of sp³-hybridized carbons (Fsp3) is 0.154. The predicted molar refractivity (Wildman–Crippen MR) is 66.2 cm³/mol. The van der Waals surface area contributed by atoms with Gasteiger partial charge in [0.15, 0.2) is 0 Å². The molecule has 0 bridgehead atoms. The van der Waals surface area contributed by atoms with E-state index >= 15 is 0 Å². The lowest BCUT2D eigenvalue weighted by Gasteiger charge is -2.15. The highest BCUT2D eigenvalue weighted by atomic mass is 16.1. The number of carbonyl (C=O) groups excluding carboxylic acids is 1. The van der Waals surface area contributed by atoms with Gasteiger partial charge < -0.3 is 9.80 Å². The van der Waals surface area contributed by atoms with Crippen LogP contribution in [0.3, 0.4) is 0 Å². The molecule has 1 aliphatic rings. The Balaban J connectivity index is 3.29. The van der Waals surface area contributed by atoms with Crippen molar-refractivity contribution in [3.8, 4) is 0 Å². The number of carbonyl (C=O) groups is 1. The Bertz CT molecular complexity index is 370. The van der Waals surface area contributed by atoms with Crippen LogP contribution in [-0.2, 0) is 4.79 Å². The van der Waals surface area contributed by atoms with Gasteiger partial charge in [-0.2, -0.15) is 0 Å². The first-order valence-electron chi connectivity index (χ1n) is 4.96. The Hall–Kier alpha value is -2.03. The summed E-state index contributed by atoms with van der Waals surface area (Å²) < 4.78 is 0. The molecule has 84 valence electrons. The number of rotatable bonds is 3. The van der Waals surface area contributed by atoms with Crippen molar-refractivity contribution in [2.24, 2.45) is 0 Å². The van der Waals surface area contributed by atoms with Gasteiger partial charge in [-0.1, -0.05) is 25.3 Å². The van der Waals surface area contributed by atoms with Crippen molar-refractivity contribution in [3.05, 3.63) is 60.8 Å². The second kappa shape index (κ2) is 5.16. The van der Waals surface area contributed by atoms with Gasteiger partial charge in [0.25, 0.3) is 0 Å². The van der Waals surface area contributed by atoms with Gasteiger partial charge in [0.05, 0.1) is 11.4 Å². The molecule has 0 N–H and O–H groups in total. The smallest absolute Gasteiger partial charge is 0.146 e. The highest BCUT2D eigenvalue weighted by molar-refractivity contribution is 5.67. The molecule has 0 aromatic carbocycles. The first-order chi connectivity index (χ1) is 7.67. The lowest BCUT2D eigenvalue weighted by atomic mass is 10.2. The number of hydrogen-bond acceptors (Lipinski definition) is 3. The molecule has 0 radical (unpaired) electrons. The minimum atomic E-state index is 0.782. The fourth-order valence-corrected chi connectivity index (χ4v) is 1.72. The van der Waals surface area contributed by atoms with E-state index in [-0.39, 0.29) is 0 Å². The van der Waals surface area contributed by atoms with E-state index in [0.29, 0.717) is 0 Å². The van der Waals surface area contributed by atoms with Crippen LogP contribution in [-0.4, -0.2) is 30.2 Å². The molecule has 0 aliphatic carbocycles. The zero-order valence-electron chi connectivity index (χ0n) is 9.68. The van der Waals surface area contributed by atoms with Crippen LogP contribution in [0.5, 0.6) is 0 Å². The molecule has 1 heterocycles. The van der Waals surface area contributed by atoms with Crippen molar-refractivity contribution in [1.29, 1.82) is 0 Å². The third-order valence-corrected chi connectivity index (χ3v) is 2.44. The molecule has 1 aliphatic heterocycles. The van der Waals surface area contributed by atoms with Crippen molar-refractivity contribution >= 4 is 6.29 Å². The minimum Gasteiger partial charge on any atom is -0.329 e. The van der Waals surface area contributed by atoms with E-state index in [4.69, 9.17) is 0 Å². The molecule has 0 saturated carbocycles. The van der Waals surface area contributed by atoms with E-state index in [9.17, 15) is 4.79 Å². The average molecular weight is 216 g/mol. The second-order valence-corrected chi connectivity index (χ2v) is 3.35. The van der Waals surface area contributed by atoms with Crippen molar-refractivity contribution in [3.63, 3.8) is 0 Å². The van der Waals surface area contributed by atoms with Crippen molar-refractivity contribution in [1.82, 2.24) is 9.80 Å². The zero-order chi connectivity index (χ0) is 12.1. The summed E-state index contributed by atoms with van der Waals surface area (Å²) in [6.45, 7) is 7.37. The van der Waals surface area contributed by atoms with Crippen LogP contribution < -0.4 is 0 Å². The maximum absolute atomic E-state index is 10.6. The van der Waals surface area contributed by atoms with Gasteiger partial charge >= 0.3 is 0 Å². The molecule has 0 spiro atoms. The molecule has 0 aromatic heterocycles. The second-order valence-electron chi connectivity index (χ2n) is 3.35. The van der Waals surface area contributed by atoms with E-state index in [2.05, 4.69) is 13.2 Å². The maximum Gasteiger partial charge on any atom is 0.146 e. The molecule has 3 nitrogen and oxygen atoms in total. The Labute approximate surface area is 96.3 Å². The van der Waals surface area contributed by atoms with Crippen LogP contribution in [0.1, 0.15) is 0 Å². The minimum absolute atomic E-state index is 0.782. The Morgan fingerprint density at radius 3 is 1.69 bits per heavy atom. The largest absolute Gasteiger partial charge is 0.329 e. The molecule has 1 fully saturated rings. The molecule has 1 rings (SSSR count). The summed E-state index contributed by atoms with van der Waals surface area (Å²) in [5, 5.41) is 0. The van der Waals surface area contributed by atoms with Gasteiger partial charge in [-0.05, 0) is 12.2 Å². The molecule has 0 unspecified atom stereocenters. The number of allylic oxidation sites excluding steroid dienone is 5. The van der Waals surface area contributed by atoms with E-state index in [0.717, 1.165) is 23.5 Å². The topological polar surface area (TPSA) is 23.6 Å². The van der Waals surface area contributed by atoms with Crippen LogP contribution in [0.4, 0.5) is 0 Å². The monoisotopic (exact) mass is 216 g/mol. The first-order valence-corrected chi connectivity index (χ1v) is 4.96. The summed E-state index contributed by atoms with van der Waals surface area (Å²) >= 11 is 0. The Morgan fingerprint density at radius 1 is 0.938 bits per heavy atom. The highest BCUT2D eigenvalue weighted by Gasteiger charge is 2.27. The third-order valence-electron chi connectivity index (χ3n) is 2.44. The summed E-state index contributed by atoms with van der Waals surface area (Å²) in [6.07, 6.45) is 9.56. The van der Waals surface area contributed by atoms with Gasteiger partial charge in [-0.25, -0.2) is 0 Å². The standard InChI is InChI=1S/C13H16N2O/c1-5-7-11-12(8-6-2)15(4)13(9-10-16)14(11)3/h5-10H,1-2H2,3-4H3/b11-7+,12-8?,13-9?. The SMILES string of the molecule is C=CC=C1/C(=C\C=C)N(C)C(=CC=O)N1C. The summed E-state index contributed by atoms with van der Waals surface area (Å²) in [4.78, 5) is 14.4. The van der Waals surface area contributed by atoms with Crippen LogP contribution >= 0.6 is 0 Å². The van der Waals surface area contributed by atoms with Gasteiger partial charge in [-0.15, -0.1) is 0 Å². The molecule has 16 heavy (non-hydrogen) atoms. The van der Waals surface area contributed by atoms with Gasteiger partial charge in [0.2, 0.25) is 0 Å². The number of nitrogens with zero attached hydrogens (tertiary/aromatic N) is 2. The average Bonchev–Trinajstić information content (AvgIpc) is 2.47. The molecule has 1 saturated heterocycles. The third kappa shape index (κ3) is 1.98. The molecule has 3 heteroatoms. The normalized spacial score (nSPS) is 23.2. The zero-order valence-corrected chi connectivity index (χ0v) is 9.68. The Morgan fingerprint density at radius 2 is 1.38 bits per heavy atom. The summed E-state index contributed by atoms with van der Waals surface area (Å²) in [7, 11) is 3.82. The van der Waals surface area contributed by atoms with E-state index in [1.165, 1.54) is 6.08 Å². The van der Waals surface area contributed by atoms with Gasteiger partial charge in [0.1, 0.15) is 12.1 Å². The lowest BCUT2D eigenvalue weighted by molar-refractivity contribution is -0.104. The predicted octanol–water partition coefficient (Wildman–Crippen LogP) is 2.04. The summed E-state index contributed by atoms with van der Waals surface area (Å²) in [5.41, 5.74) is 1.98. The number of hydrogen-bond donors (Lipinski definition) is 0. The van der Waals surface area contributed by atoms with Crippen LogP contribution in [0, 0.1) is 0 Å². The fourth-order valence-electron chi connectivity index (χ4n) is 1.72. The summed E-state index contributed by atoms with van der Waals surface area (Å²) in [5.74, 6) is 0.830. The van der Waals surface area contributed by atoms with E-state index in [1.807, 2.05) is 36.0 Å². The number of likely N-dealkylation sites (N-methyl/N-ethyl adjacent to an activating group) is 2. The summed E-state index contributed by atoms with van der Waals surface area (Å²) in [6, 6.07) is 0. The molecule has 0 amide bonds. The van der Waals surface area contributed by atoms with E-state index in [1.54, 1.807) is 12.2 Å². The van der Waals surface area contributed by atoms with Crippen molar-refractivity contribution < 1.29 is 4.79 Å². The molecule has 0 aromatic rings. The maximum atomic E-state index is 10.6. The highest BCUT2D eigenvalue weighted by Crippen LogP contribution is 2.32. The number of aldehydes is 1. The van der Waals surface area contributed by atoms with Gasteiger partial charge in [-0.3, -0.25) is 4.79 Å². The first kappa shape index (κ1) is 12.0. The van der Waals surface area contributed by atoms with Crippen LogP contribution in [0.15, 0.2) is 60.8 Å². The van der Waals surface area contributed by atoms with Gasteiger partial charge in [0, 0.05) is 20.2 Å². The quantitative estimate of drug-likeness (QED) is 0.533. The molecule has 0 atom stereocenters. The van der Waals surface area contributed by atoms with Crippen molar-refractivity contribution in [2.45, 2.75) is 0 Å².